The first-order chi connectivity index (χ1) is 15.3. The summed E-state index contributed by atoms with van der Waals surface area (Å²) >= 11 is 0. The number of halogens is 2. The van der Waals surface area contributed by atoms with Crippen LogP contribution in [0.15, 0.2) is 48.5 Å². The monoisotopic (exact) mass is 441 g/mol. The zero-order valence-electron chi connectivity index (χ0n) is 18.5. The highest BCUT2D eigenvalue weighted by atomic mass is 19.2. The number of amides is 2. The molecule has 1 unspecified atom stereocenters. The van der Waals surface area contributed by atoms with E-state index in [0.29, 0.717) is 38.6 Å². The van der Waals surface area contributed by atoms with Crippen molar-refractivity contribution in [2.75, 3.05) is 32.7 Å². The number of carbonyl (C=O) groups is 2. The molecule has 5 nitrogen and oxygen atoms in total. The average molecular weight is 442 g/mol. The van der Waals surface area contributed by atoms with Gasteiger partial charge < -0.3 is 10.2 Å². The van der Waals surface area contributed by atoms with Gasteiger partial charge in [-0.2, -0.15) is 0 Å². The summed E-state index contributed by atoms with van der Waals surface area (Å²) in [4.78, 5) is 29.8. The Morgan fingerprint density at radius 3 is 2.44 bits per heavy atom. The topological polar surface area (TPSA) is 52.7 Å². The molecule has 0 saturated carbocycles. The zero-order chi connectivity index (χ0) is 22.9. The van der Waals surface area contributed by atoms with Gasteiger partial charge in [-0.15, -0.1) is 0 Å². The molecule has 2 aliphatic heterocycles. The highest BCUT2D eigenvalue weighted by Crippen LogP contribution is 2.45. The van der Waals surface area contributed by atoms with E-state index in [-0.39, 0.29) is 28.7 Å². The molecule has 2 aromatic carbocycles. The third-order valence-corrected chi connectivity index (χ3v) is 6.43. The van der Waals surface area contributed by atoms with Crippen LogP contribution in [0.1, 0.15) is 29.8 Å². The predicted molar refractivity (Wildman–Crippen MR) is 118 cm³/mol. The number of carbonyl (C=O) groups excluding carboxylic acids is 2. The van der Waals surface area contributed by atoms with Crippen molar-refractivity contribution >= 4 is 11.8 Å². The van der Waals surface area contributed by atoms with Crippen molar-refractivity contribution in [2.24, 2.45) is 17.3 Å². The molecule has 0 aliphatic carbocycles. The molecule has 32 heavy (non-hydrogen) atoms. The van der Waals surface area contributed by atoms with Crippen LogP contribution in [0.5, 0.6) is 0 Å². The van der Waals surface area contributed by atoms with Crippen molar-refractivity contribution in [3.8, 4) is 0 Å². The maximum atomic E-state index is 13.6. The smallest absolute Gasteiger partial charge is 0.254 e. The van der Waals surface area contributed by atoms with Crippen molar-refractivity contribution in [3.63, 3.8) is 0 Å². The summed E-state index contributed by atoms with van der Waals surface area (Å²) in [6.07, 6.45) is 0. The van der Waals surface area contributed by atoms with Crippen molar-refractivity contribution in [3.05, 3.63) is 71.3 Å². The van der Waals surface area contributed by atoms with E-state index in [2.05, 4.69) is 36.2 Å². The quantitative estimate of drug-likeness (QED) is 0.749. The van der Waals surface area contributed by atoms with E-state index in [0.717, 1.165) is 18.7 Å². The molecule has 0 aromatic heterocycles. The Hall–Kier alpha value is -2.80. The van der Waals surface area contributed by atoms with Crippen LogP contribution >= 0.6 is 0 Å². The molecular formula is C25H29F2N3O2. The van der Waals surface area contributed by atoms with E-state index < -0.39 is 11.6 Å². The first-order valence-electron chi connectivity index (χ1n) is 11.1. The number of nitrogens with zero attached hydrogens (tertiary/aromatic N) is 2. The van der Waals surface area contributed by atoms with Crippen molar-refractivity contribution < 1.29 is 18.4 Å². The molecule has 2 heterocycles. The zero-order valence-corrected chi connectivity index (χ0v) is 18.5. The van der Waals surface area contributed by atoms with Gasteiger partial charge >= 0.3 is 0 Å². The van der Waals surface area contributed by atoms with Gasteiger partial charge in [0.1, 0.15) is 0 Å². The van der Waals surface area contributed by atoms with Gasteiger partial charge in [0.15, 0.2) is 11.6 Å². The van der Waals surface area contributed by atoms with Crippen LogP contribution in [0.25, 0.3) is 0 Å². The summed E-state index contributed by atoms with van der Waals surface area (Å²) in [5.74, 6) is -2.20. The summed E-state index contributed by atoms with van der Waals surface area (Å²) in [6.45, 7) is 7.66. The van der Waals surface area contributed by atoms with Crippen molar-refractivity contribution in [1.82, 2.24) is 15.1 Å². The Bertz CT molecular complexity index is 990. The summed E-state index contributed by atoms with van der Waals surface area (Å²) < 4.78 is 26.8. The Labute approximate surface area is 187 Å². The Kier molecular flexibility index (Phi) is 6.29. The van der Waals surface area contributed by atoms with Gasteiger partial charge in [0.25, 0.3) is 5.91 Å². The number of nitrogens with one attached hydrogen (secondary N) is 1. The fourth-order valence-corrected chi connectivity index (χ4v) is 4.81. The molecular weight excluding hydrogens is 412 g/mol. The van der Waals surface area contributed by atoms with Gasteiger partial charge in [-0.1, -0.05) is 44.2 Å². The van der Waals surface area contributed by atoms with E-state index in [9.17, 15) is 18.4 Å². The van der Waals surface area contributed by atoms with Crippen LogP contribution in [0.4, 0.5) is 8.78 Å². The second kappa shape index (κ2) is 8.98. The Balaban J connectivity index is 1.48. The van der Waals surface area contributed by atoms with Crippen LogP contribution in [0, 0.1) is 28.9 Å². The lowest BCUT2D eigenvalue weighted by atomic mass is 9.71. The summed E-state index contributed by atoms with van der Waals surface area (Å²) in [5, 5.41) is 3.06. The second-order valence-electron chi connectivity index (χ2n) is 9.50. The largest absolute Gasteiger partial charge is 0.356 e. The van der Waals surface area contributed by atoms with Crippen LogP contribution in [-0.4, -0.2) is 54.3 Å². The second-order valence-corrected chi connectivity index (χ2v) is 9.50. The van der Waals surface area contributed by atoms with Crippen LogP contribution in [0.3, 0.4) is 0 Å². The van der Waals surface area contributed by atoms with E-state index in [4.69, 9.17) is 0 Å². The van der Waals surface area contributed by atoms with Crippen molar-refractivity contribution in [1.29, 1.82) is 0 Å². The Morgan fingerprint density at radius 2 is 1.78 bits per heavy atom. The van der Waals surface area contributed by atoms with Gasteiger partial charge in [0.2, 0.25) is 5.91 Å². The van der Waals surface area contributed by atoms with E-state index in [1.165, 1.54) is 11.6 Å². The fraction of sp³-hybridized carbons (Fsp3) is 0.440. The molecule has 0 radical (unpaired) electrons. The highest BCUT2D eigenvalue weighted by Gasteiger charge is 2.57. The summed E-state index contributed by atoms with van der Waals surface area (Å²) in [6, 6.07) is 13.3. The van der Waals surface area contributed by atoms with E-state index in [1.54, 1.807) is 4.90 Å². The predicted octanol–water partition coefficient (Wildman–Crippen LogP) is 3.31. The number of benzene rings is 2. The molecule has 170 valence electrons. The summed E-state index contributed by atoms with van der Waals surface area (Å²) in [5.41, 5.74) is 0.975. The minimum atomic E-state index is -1.04. The lowest BCUT2D eigenvalue weighted by Crippen LogP contribution is -2.64. The van der Waals surface area contributed by atoms with Crippen LogP contribution in [-0.2, 0) is 11.3 Å². The Morgan fingerprint density at radius 1 is 1.06 bits per heavy atom. The molecule has 2 aliphatic rings. The first-order valence-corrected chi connectivity index (χ1v) is 11.1. The summed E-state index contributed by atoms with van der Waals surface area (Å²) in [7, 11) is 0. The molecule has 2 aromatic rings. The molecule has 7 heteroatoms. The lowest BCUT2D eigenvalue weighted by molar-refractivity contribution is -0.131. The van der Waals surface area contributed by atoms with Crippen LogP contribution in [0.2, 0.25) is 0 Å². The van der Waals surface area contributed by atoms with Gasteiger partial charge in [0, 0.05) is 50.2 Å². The SMILES string of the molecule is CC(C)CNC(=O)C1CN(Cc2ccccc2)CC12CN(C(=O)c1ccc(F)c(F)c1)C2. The minimum absolute atomic E-state index is 0.0224. The molecule has 4 rings (SSSR count). The number of rotatable bonds is 6. The van der Waals surface area contributed by atoms with Gasteiger partial charge in [-0.05, 0) is 29.7 Å². The van der Waals surface area contributed by atoms with E-state index >= 15 is 0 Å². The number of hydrogen-bond acceptors (Lipinski definition) is 3. The van der Waals surface area contributed by atoms with Crippen LogP contribution < -0.4 is 5.32 Å². The average Bonchev–Trinajstić information content (AvgIpc) is 3.12. The number of hydrogen-bond donors (Lipinski definition) is 1. The standard InChI is InChI=1S/C25H29F2N3O2/c1-17(2)11-28-23(31)20-13-29(12-18-6-4-3-5-7-18)14-25(20)15-30(16-25)24(32)19-8-9-21(26)22(27)10-19/h3-10,17,20H,11-16H2,1-2H3,(H,28,31). The molecule has 2 amide bonds. The fourth-order valence-electron chi connectivity index (χ4n) is 4.81. The third-order valence-electron chi connectivity index (χ3n) is 6.43. The van der Waals surface area contributed by atoms with Crippen molar-refractivity contribution in [2.45, 2.75) is 20.4 Å². The highest BCUT2D eigenvalue weighted by molar-refractivity contribution is 5.95. The third kappa shape index (κ3) is 4.53. The lowest BCUT2D eigenvalue weighted by Gasteiger charge is -2.50. The number of likely N-dealkylation sites (tertiary alicyclic amines) is 2. The molecule has 1 spiro atoms. The maximum Gasteiger partial charge on any atom is 0.254 e. The maximum absolute atomic E-state index is 13.6. The molecule has 1 N–H and O–H groups in total. The molecule has 0 bridgehead atoms. The van der Waals surface area contributed by atoms with Gasteiger partial charge in [0.05, 0.1) is 5.92 Å². The van der Waals surface area contributed by atoms with E-state index in [1.807, 2.05) is 18.2 Å². The molecule has 2 fully saturated rings. The molecule has 1 atom stereocenters. The van der Waals surface area contributed by atoms with Gasteiger partial charge in [-0.25, -0.2) is 8.78 Å². The van der Waals surface area contributed by atoms with Gasteiger partial charge in [-0.3, -0.25) is 14.5 Å². The first kappa shape index (κ1) is 22.4. The normalized spacial score (nSPS) is 19.9. The minimum Gasteiger partial charge on any atom is -0.356 e. The molecule has 2 saturated heterocycles.